The zero-order valence-electron chi connectivity index (χ0n) is 15.8. The van der Waals surface area contributed by atoms with Gasteiger partial charge in [0.05, 0.1) is 5.56 Å². The van der Waals surface area contributed by atoms with Crippen molar-refractivity contribution < 1.29 is 9.90 Å². The highest BCUT2D eigenvalue weighted by atomic mass is 16.4. The summed E-state index contributed by atoms with van der Waals surface area (Å²) in [4.78, 5) is 18.8. The average molecular weight is 348 g/mol. The van der Waals surface area contributed by atoms with Crippen LogP contribution in [-0.4, -0.2) is 21.0 Å². The standard InChI is InChI=1S/C22H24N2O2/c1-21(2)9-10-22(3,4)18-11-15(7-8-17(18)21)5-6-16-13-23-19(24-14-16)12-20(25)26/h7-8,11,13-14H,9-10,12H2,1-4H3,(H,25,26). The number of carbonyl (C=O) groups is 1. The number of benzene rings is 1. The fourth-order valence-corrected chi connectivity index (χ4v) is 3.46. The van der Waals surface area contributed by atoms with E-state index in [-0.39, 0.29) is 17.3 Å². The molecule has 3 rings (SSSR count). The molecular weight excluding hydrogens is 324 g/mol. The molecule has 1 heterocycles. The third kappa shape index (κ3) is 3.77. The van der Waals surface area contributed by atoms with Gasteiger partial charge in [0.25, 0.3) is 0 Å². The van der Waals surface area contributed by atoms with Crippen LogP contribution in [0.3, 0.4) is 0 Å². The summed E-state index contributed by atoms with van der Waals surface area (Å²) in [6.07, 6.45) is 5.33. The monoisotopic (exact) mass is 348 g/mol. The summed E-state index contributed by atoms with van der Waals surface area (Å²) in [7, 11) is 0. The quantitative estimate of drug-likeness (QED) is 0.837. The van der Waals surface area contributed by atoms with Gasteiger partial charge in [-0.3, -0.25) is 4.79 Å². The summed E-state index contributed by atoms with van der Waals surface area (Å²) in [5.41, 5.74) is 4.81. The molecule has 134 valence electrons. The summed E-state index contributed by atoms with van der Waals surface area (Å²) < 4.78 is 0. The SMILES string of the molecule is CC1(C)CCC(C)(C)c2cc(C#Cc3cnc(CC(=O)O)nc3)ccc21. The van der Waals surface area contributed by atoms with Gasteiger partial charge in [0.1, 0.15) is 12.2 Å². The van der Waals surface area contributed by atoms with Crippen molar-refractivity contribution in [3.8, 4) is 11.8 Å². The minimum Gasteiger partial charge on any atom is -0.481 e. The Kier molecular flexibility index (Phi) is 4.58. The van der Waals surface area contributed by atoms with Crippen LogP contribution in [0.2, 0.25) is 0 Å². The third-order valence-electron chi connectivity index (χ3n) is 5.22. The van der Waals surface area contributed by atoms with Gasteiger partial charge in [-0.25, -0.2) is 9.97 Å². The van der Waals surface area contributed by atoms with E-state index in [1.54, 1.807) is 12.4 Å². The second-order valence-electron chi connectivity index (χ2n) is 8.24. The van der Waals surface area contributed by atoms with Gasteiger partial charge < -0.3 is 5.11 Å². The lowest BCUT2D eigenvalue weighted by atomic mass is 9.63. The smallest absolute Gasteiger partial charge is 0.311 e. The number of hydrogen-bond acceptors (Lipinski definition) is 3. The van der Waals surface area contributed by atoms with Crippen LogP contribution in [0, 0.1) is 11.8 Å². The van der Waals surface area contributed by atoms with Crippen molar-refractivity contribution in [2.24, 2.45) is 0 Å². The van der Waals surface area contributed by atoms with Crippen LogP contribution in [-0.2, 0) is 22.0 Å². The summed E-state index contributed by atoms with van der Waals surface area (Å²) >= 11 is 0. The molecule has 2 aromatic rings. The van der Waals surface area contributed by atoms with Crippen LogP contribution >= 0.6 is 0 Å². The maximum absolute atomic E-state index is 10.7. The van der Waals surface area contributed by atoms with Crippen molar-refractivity contribution in [2.45, 2.75) is 57.8 Å². The van der Waals surface area contributed by atoms with Crippen LogP contribution in [0.1, 0.15) is 68.6 Å². The zero-order chi connectivity index (χ0) is 18.9. The van der Waals surface area contributed by atoms with Crippen molar-refractivity contribution in [3.63, 3.8) is 0 Å². The molecule has 0 amide bonds. The predicted molar refractivity (Wildman–Crippen MR) is 101 cm³/mol. The maximum atomic E-state index is 10.7. The number of hydrogen-bond donors (Lipinski definition) is 1. The van der Waals surface area contributed by atoms with Gasteiger partial charge in [-0.15, -0.1) is 0 Å². The fraction of sp³-hybridized carbons (Fsp3) is 0.409. The summed E-state index contributed by atoms with van der Waals surface area (Å²) in [5, 5.41) is 8.76. The van der Waals surface area contributed by atoms with Gasteiger partial charge in [-0.1, -0.05) is 45.6 Å². The molecule has 0 radical (unpaired) electrons. The molecule has 26 heavy (non-hydrogen) atoms. The Bertz CT molecular complexity index is 900. The number of carboxylic acid groups (broad SMARTS) is 1. The molecule has 4 nitrogen and oxygen atoms in total. The normalized spacial score (nSPS) is 16.9. The highest BCUT2D eigenvalue weighted by molar-refractivity contribution is 5.68. The maximum Gasteiger partial charge on any atom is 0.311 e. The Morgan fingerprint density at radius 3 is 2.19 bits per heavy atom. The number of aromatic nitrogens is 2. The number of fused-ring (bicyclic) bond motifs is 1. The average Bonchev–Trinajstić information content (AvgIpc) is 2.58. The van der Waals surface area contributed by atoms with Crippen LogP contribution in [0.25, 0.3) is 0 Å². The zero-order valence-corrected chi connectivity index (χ0v) is 15.8. The van der Waals surface area contributed by atoms with E-state index in [9.17, 15) is 4.79 Å². The molecule has 0 saturated heterocycles. The molecule has 0 unspecified atom stereocenters. The van der Waals surface area contributed by atoms with Crippen molar-refractivity contribution in [2.75, 3.05) is 0 Å². The Hall–Kier alpha value is -2.67. The van der Waals surface area contributed by atoms with Crippen molar-refractivity contribution in [1.82, 2.24) is 9.97 Å². The second-order valence-corrected chi connectivity index (χ2v) is 8.24. The Morgan fingerprint density at radius 2 is 1.58 bits per heavy atom. The first-order valence-electron chi connectivity index (χ1n) is 8.87. The van der Waals surface area contributed by atoms with Gasteiger partial charge >= 0.3 is 5.97 Å². The van der Waals surface area contributed by atoms with Crippen molar-refractivity contribution in [1.29, 1.82) is 0 Å². The summed E-state index contributed by atoms with van der Waals surface area (Å²) in [5.74, 6) is 5.62. The predicted octanol–water partition coefficient (Wildman–Crippen LogP) is 3.85. The Balaban J connectivity index is 1.88. The Morgan fingerprint density at radius 1 is 1.00 bits per heavy atom. The van der Waals surface area contributed by atoms with Crippen molar-refractivity contribution in [3.05, 3.63) is 58.7 Å². The molecule has 0 bridgehead atoms. The Labute approximate surface area is 154 Å². The summed E-state index contributed by atoms with van der Waals surface area (Å²) in [6.45, 7) is 9.21. The van der Waals surface area contributed by atoms with Crippen LogP contribution in [0.4, 0.5) is 0 Å². The van der Waals surface area contributed by atoms with Crippen molar-refractivity contribution >= 4 is 5.97 Å². The molecule has 0 aliphatic heterocycles. The first-order valence-corrected chi connectivity index (χ1v) is 8.87. The number of aliphatic carboxylic acids is 1. The third-order valence-corrected chi connectivity index (χ3v) is 5.22. The molecule has 0 atom stereocenters. The van der Waals surface area contributed by atoms with Gasteiger partial charge in [-0.2, -0.15) is 0 Å². The highest BCUT2D eigenvalue weighted by Crippen LogP contribution is 2.45. The lowest BCUT2D eigenvalue weighted by Gasteiger charge is -2.41. The van der Waals surface area contributed by atoms with Gasteiger partial charge in [0, 0.05) is 18.0 Å². The molecule has 1 N–H and O–H groups in total. The number of carboxylic acids is 1. The van der Waals surface area contributed by atoms with E-state index < -0.39 is 5.97 Å². The molecule has 4 heteroatoms. The molecule has 1 aliphatic rings. The molecule has 0 saturated carbocycles. The molecule has 0 fully saturated rings. The van der Waals surface area contributed by atoms with Gasteiger partial charge in [-0.05, 0) is 46.9 Å². The molecule has 1 aliphatic carbocycles. The second kappa shape index (κ2) is 6.57. The van der Waals surface area contributed by atoms with Crippen LogP contribution in [0.5, 0.6) is 0 Å². The van der Waals surface area contributed by atoms with E-state index >= 15 is 0 Å². The summed E-state index contributed by atoms with van der Waals surface area (Å²) in [6, 6.07) is 6.50. The lowest BCUT2D eigenvalue weighted by Crippen LogP contribution is -2.33. The van der Waals surface area contributed by atoms with Gasteiger partial charge in [0.2, 0.25) is 0 Å². The van der Waals surface area contributed by atoms with Crippen LogP contribution < -0.4 is 0 Å². The van der Waals surface area contributed by atoms with Gasteiger partial charge in [0.15, 0.2) is 0 Å². The molecule has 1 aromatic heterocycles. The highest BCUT2D eigenvalue weighted by Gasteiger charge is 2.36. The van der Waals surface area contributed by atoms with Crippen LogP contribution in [0.15, 0.2) is 30.6 Å². The fourth-order valence-electron chi connectivity index (χ4n) is 3.46. The molecule has 1 aromatic carbocycles. The number of rotatable bonds is 2. The van der Waals surface area contributed by atoms with E-state index in [0.717, 1.165) is 5.56 Å². The van der Waals surface area contributed by atoms with E-state index in [2.05, 4.69) is 67.7 Å². The molecule has 0 spiro atoms. The van der Waals surface area contributed by atoms with E-state index in [4.69, 9.17) is 5.11 Å². The van der Waals surface area contributed by atoms with E-state index in [1.165, 1.54) is 24.0 Å². The first kappa shape index (κ1) is 18.1. The van der Waals surface area contributed by atoms with E-state index in [1.807, 2.05) is 0 Å². The molecular formula is C22H24N2O2. The van der Waals surface area contributed by atoms with E-state index in [0.29, 0.717) is 11.4 Å². The first-order chi connectivity index (χ1) is 12.2. The lowest BCUT2D eigenvalue weighted by molar-refractivity contribution is -0.136. The minimum atomic E-state index is -0.941. The topological polar surface area (TPSA) is 63.1 Å². The largest absolute Gasteiger partial charge is 0.481 e. The number of nitrogens with zero attached hydrogens (tertiary/aromatic N) is 2. The minimum absolute atomic E-state index is 0.157.